The SMILES string of the molecule is Nc1ccc(C(F)(F)F)c(N)c1. The number of anilines is 2. The van der Waals surface area contributed by atoms with Gasteiger partial charge in [-0.1, -0.05) is 0 Å². The molecule has 5 heteroatoms. The minimum atomic E-state index is -4.40. The number of halogens is 3. The van der Waals surface area contributed by atoms with Crippen LogP contribution in [0, 0.1) is 0 Å². The van der Waals surface area contributed by atoms with Gasteiger partial charge in [0.15, 0.2) is 0 Å². The summed E-state index contributed by atoms with van der Waals surface area (Å²) in [6.07, 6.45) is -4.40. The van der Waals surface area contributed by atoms with Crippen molar-refractivity contribution < 1.29 is 13.2 Å². The maximum absolute atomic E-state index is 12.1. The van der Waals surface area contributed by atoms with Crippen molar-refractivity contribution >= 4 is 11.4 Å². The summed E-state index contributed by atoms with van der Waals surface area (Å²) < 4.78 is 36.2. The van der Waals surface area contributed by atoms with Crippen molar-refractivity contribution in [2.24, 2.45) is 0 Å². The lowest BCUT2D eigenvalue weighted by molar-refractivity contribution is -0.136. The van der Waals surface area contributed by atoms with Crippen LogP contribution in [0.1, 0.15) is 5.56 Å². The molecule has 0 saturated carbocycles. The molecule has 0 aliphatic heterocycles. The molecule has 66 valence electrons. The Morgan fingerprint density at radius 2 is 1.67 bits per heavy atom. The zero-order valence-electron chi connectivity index (χ0n) is 6.02. The van der Waals surface area contributed by atoms with Gasteiger partial charge in [-0.3, -0.25) is 0 Å². The molecule has 1 aromatic carbocycles. The number of hydrogen-bond donors (Lipinski definition) is 2. The second-order valence-corrected chi connectivity index (χ2v) is 2.34. The minimum absolute atomic E-state index is 0.223. The van der Waals surface area contributed by atoms with Crippen molar-refractivity contribution in [1.29, 1.82) is 0 Å². The maximum atomic E-state index is 12.1. The molecule has 0 amide bonds. The Labute approximate surface area is 67.0 Å². The molecule has 0 aromatic heterocycles. The van der Waals surface area contributed by atoms with E-state index in [1.165, 1.54) is 6.07 Å². The highest BCUT2D eigenvalue weighted by Crippen LogP contribution is 2.33. The molecule has 0 unspecified atom stereocenters. The number of benzene rings is 1. The van der Waals surface area contributed by atoms with Gasteiger partial charge in [0.05, 0.1) is 5.56 Å². The van der Waals surface area contributed by atoms with Crippen LogP contribution in [0.15, 0.2) is 18.2 Å². The molecule has 0 saturated heterocycles. The molecule has 0 aliphatic rings. The summed E-state index contributed by atoms with van der Waals surface area (Å²) in [5.74, 6) is 0. The monoisotopic (exact) mass is 176 g/mol. The molecule has 0 spiro atoms. The normalized spacial score (nSPS) is 11.6. The quantitative estimate of drug-likeness (QED) is 0.593. The van der Waals surface area contributed by atoms with Gasteiger partial charge in [0.2, 0.25) is 0 Å². The molecular weight excluding hydrogens is 169 g/mol. The Hall–Kier alpha value is -1.39. The third-order valence-corrected chi connectivity index (χ3v) is 1.38. The van der Waals surface area contributed by atoms with Gasteiger partial charge in [-0.2, -0.15) is 13.2 Å². The first-order chi connectivity index (χ1) is 5.41. The zero-order chi connectivity index (χ0) is 9.35. The smallest absolute Gasteiger partial charge is 0.399 e. The van der Waals surface area contributed by atoms with Gasteiger partial charge in [0.25, 0.3) is 0 Å². The topological polar surface area (TPSA) is 52.0 Å². The van der Waals surface area contributed by atoms with E-state index in [0.717, 1.165) is 12.1 Å². The summed E-state index contributed by atoms with van der Waals surface area (Å²) in [6.45, 7) is 0. The van der Waals surface area contributed by atoms with Gasteiger partial charge in [-0.25, -0.2) is 0 Å². The van der Waals surface area contributed by atoms with E-state index < -0.39 is 11.7 Å². The second kappa shape index (κ2) is 2.58. The van der Waals surface area contributed by atoms with Gasteiger partial charge in [-0.15, -0.1) is 0 Å². The molecule has 2 nitrogen and oxygen atoms in total. The summed E-state index contributed by atoms with van der Waals surface area (Å²) in [7, 11) is 0. The first kappa shape index (κ1) is 8.70. The molecule has 0 heterocycles. The summed E-state index contributed by atoms with van der Waals surface area (Å²) in [5, 5.41) is 0. The van der Waals surface area contributed by atoms with E-state index in [1.807, 2.05) is 0 Å². The van der Waals surface area contributed by atoms with Crippen molar-refractivity contribution in [2.75, 3.05) is 11.5 Å². The zero-order valence-corrected chi connectivity index (χ0v) is 6.02. The van der Waals surface area contributed by atoms with Crippen molar-refractivity contribution in [2.45, 2.75) is 6.18 Å². The number of nitrogen functional groups attached to an aromatic ring is 2. The van der Waals surface area contributed by atoms with E-state index in [2.05, 4.69) is 0 Å². The fraction of sp³-hybridized carbons (Fsp3) is 0.143. The van der Waals surface area contributed by atoms with Gasteiger partial charge in [-0.05, 0) is 18.2 Å². The minimum Gasteiger partial charge on any atom is -0.399 e. The Bertz CT molecular complexity index is 293. The lowest BCUT2D eigenvalue weighted by Crippen LogP contribution is -2.08. The fourth-order valence-electron chi connectivity index (χ4n) is 0.839. The van der Waals surface area contributed by atoms with E-state index in [0.29, 0.717) is 0 Å². The highest BCUT2D eigenvalue weighted by molar-refractivity contribution is 5.57. The second-order valence-electron chi connectivity index (χ2n) is 2.34. The number of hydrogen-bond acceptors (Lipinski definition) is 2. The van der Waals surface area contributed by atoms with Crippen LogP contribution < -0.4 is 11.5 Å². The van der Waals surface area contributed by atoms with Gasteiger partial charge in [0, 0.05) is 11.4 Å². The van der Waals surface area contributed by atoms with E-state index in [1.54, 1.807) is 0 Å². The predicted molar refractivity (Wildman–Crippen MR) is 40.3 cm³/mol. The van der Waals surface area contributed by atoms with Gasteiger partial charge >= 0.3 is 6.18 Å². The Morgan fingerprint density at radius 1 is 1.08 bits per heavy atom. The molecule has 12 heavy (non-hydrogen) atoms. The standard InChI is InChI=1S/C7H7F3N2/c8-7(9,10)5-2-1-4(11)3-6(5)12/h1-3H,11-12H2. The van der Waals surface area contributed by atoms with Crippen LogP contribution in [-0.2, 0) is 6.18 Å². The molecule has 1 rings (SSSR count). The number of alkyl halides is 3. The molecule has 0 bridgehead atoms. The molecule has 0 atom stereocenters. The van der Waals surface area contributed by atoms with Crippen LogP contribution in [0.5, 0.6) is 0 Å². The van der Waals surface area contributed by atoms with Gasteiger partial charge in [0.1, 0.15) is 0 Å². The highest BCUT2D eigenvalue weighted by atomic mass is 19.4. The first-order valence-corrected chi connectivity index (χ1v) is 3.13. The first-order valence-electron chi connectivity index (χ1n) is 3.13. The summed E-state index contributed by atoms with van der Waals surface area (Å²) in [6, 6.07) is 3.12. The lowest BCUT2D eigenvalue weighted by atomic mass is 10.1. The molecule has 0 aliphatic carbocycles. The van der Waals surface area contributed by atoms with Crippen LogP contribution in [0.2, 0.25) is 0 Å². The molecular formula is C7H7F3N2. The Morgan fingerprint density at radius 3 is 2.08 bits per heavy atom. The van der Waals surface area contributed by atoms with Crippen molar-refractivity contribution in [1.82, 2.24) is 0 Å². The van der Waals surface area contributed by atoms with Crippen molar-refractivity contribution in [3.8, 4) is 0 Å². The molecule has 0 fully saturated rings. The highest BCUT2D eigenvalue weighted by Gasteiger charge is 2.32. The van der Waals surface area contributed by atoms with Crippen LogP contribution >= 0.6 is 0 Å². The Balaban J connectivity index is 3.19. The third-order valence-electron chi connectivity index (χ3n) is 1.38. The number of nitrogens with two attached hydrogens (primary N) is 2. The average molecular weight is 176 g/mol. The lowest BCUT2D eigenvalue weighted by Gasteiger charge is -2.09. The molecule has 1 aromatic rings. The van der Waals surface area contributed by atoms with Crippen LogP contribution in [0.3, 0.4) is 0 Å². The van der Waals surface area contributed by atoms with Crippen LogP contribution in [0.4, 0.5) is 24.5 Å². The predicted octanol–water partition coefficient (Wildman–Crippen LogP) is 1.87. The Kier molecular flexibility index (Phi) is 1.87. The van der Waals surface area contributed by atoms with E-state index in [-0.39, 0.29) is 11.4 Å². The molecule has 4 N–H and O–H groups in total. The summed E-state index contributed by atoms with van der Waals surface area (Å²) >= 11 is 0. The summed E-state index contributed by atoms with van der Waals surface area (Å²) in [5.41, 5.74) is 9.36. The van der Waals surface area contributed by atoms with Crippen LogP contribution in [-0.4, -0.2) is 0 Å². The number of rotatable bonds is 0. The van der Waals surface area contributed by atoms with Gasteiger partial charge < -0.3 is 11.5 Å². The van der Waals surface area contributed by atoms with E-state index >= 15 is 0 Å². The molecule has 0 radical (unpaired) electrons. The third kappa shape index (κ3) is 1.61. The van der Waals surface area contributed by atoms with Crippen LogP contribution in [0.25, 0.3) is 0 Å². The largest absolute Gasteiger partial charge is 0.418 e. The van der Waals surface area contributed by atoms with E-state index in [4.69, 9.17) is 11.5 Å². The summed E-state index contributed by atoms with van der Waals surface area (Å²) in [4.78, 5) is 0. The average Bonchev–Trinajstić information content (AvgIpc) is 1.83. The van der Waals surface area contributed by atoms with Crippen molar-refractivity contribution in [3.63, 3.8) is 0 Å². The van der Waals surface area contributed by atoms with E-state index in [9.17, 15) is 13.2 Å². The van der Waals surface area contributed by atoms with Crippen molar-refractivity contribution in [3.05, 3.63) is 23.8 Å². The maximum Gasteiger partial charge on any atom is 0.418 e. The fourth-order valence-corrected chi connectivity index (χ4v) is 0.839.